The van der Waals surface area contributed by atoms with Crippen molar-refractivity contribution in [2.45, 2.75) is 74.9 Å². The van der Waals surface area contributed by atoms with E-state index in [0.717, 1.165) is 43.5 Å². The van der Waals surface area contributed by atoms with Gasteiger partial charge in [-0.05, 0) is 43.7 Å². The molecule has 0 radical (unpaired) electrons. The number of carbonyl (C=O) groups is 1. The monoisotopic (exact) mass is 459 g/mol. The highest BCUT2D eigenvalue weighted by atomic mass is 32.2. The first-order valence-corrected chi connectivity index (χ1v) is 11.7. The number of nitrogens with zero attached hydrogens (tertiary/aromatic N) is 1. The van der Waals surface area contributed by atoms with Gasteiger partial charge in [-0.15, -0.1) is 11.8 Å². The predicted molar refractivity (Wildman–Crippen MR) is 114 cm³/mol. The van der Waals surface area contributed by atoms with Gasteiger partial charge in [0, 0.05) is 35.5 Å². The van der Waals surface area contributed by atoms with Crippen LogP contribution in [-0.4, -0.2) is 50.2 Å². The molecule has 2 rings (SSSR count). The van der Waals surface area contributed by atoms with E-state index in [-0.39, 0.29) is 28.9 Å². The number of carboxylic acids is 1. The summed E-state index contributed by atoms with van der Waals surface area (Å²) < 4.78 is 26.7. The van der Waals surface area contributed by atoms with Gasteiger partial charge >= 0.3 is 5.97 Å². The fourth-order valence-electron chi connectivity index (χ4n) is 4.16. The van der Waals surface area contributed by atoms with Gasteiger partial charge in [-0.2, -0.15) is 0 Å². The summed E-state index contributed by atoms with van der Waals surface area (Å²) in [6.07, 6.45) is 3.99. The first kappa shape index (κ1) is 25.5. The molecule has 0 aromatic heterocycles. The molecule has 0 spiro atoms. The minimum absolute atomic E-state index is 0.0697. The van der Waals surface area contributed by atoms with E-state index in [1.807, 2.05) is 0 Å². The van der Waals surface area contributed by atoms with Crippen molar-refractivity contribution < 1.29 is 34.1 Å². The van der Waals surface area contributed by atoms with Crippen molar-refractivity contribution in [3.63, 3.8) is 0 Å². The van der Waals surface area contributed by atoms with Gasteiger partial charge < -0.3 is 20.5 Å². The summed E-state index contributed by atoms with van der Waals surface area (Å²) in [4.78, 5) is 10.8. The fourth-order valence-corrected chi connectivity index (χ4v) is 5.06. The van der Waals surface area contributed by atoms with Crippen molar-refractivity contribution in [2.75, 3.05) is 5.75 Å². The predicted octanol–water partition coefficient (Wildman–Crippen LogP) is 4.45. The first-order valence-electron chi connectivity index (χ1n) is 10.7. The second kappa shape index (κ2) is 13.0. The lowest BCUT2D eigenvalue weighted by Crippen LogP contribution is -2.23. The van der Waals surface area contributed by atoms with E-state index in [1.54, 1.807) is 0 Å². The number of carboxylic acid groups (broad SMARTS) is 1. The molecule has 0 amide bonds. The lowest BCUT2D eigenvalue weighted by Gasteiger charge is -2.23. The molecule has 1 fully saturated rings. The number of rotatable bonds is 13. The van der Waals surface area contributed by atoms with Crippen molar-refractivity contribution in [1.82, 2.24) is 0 Å². The van der Waals surface area contributed by atoms with Crippen LogP contribution in [0.3, 0.4) is 0 Å². The molecule has 1 aliphatic rings. The van der Waals surface area contributed by atoms with E-state index in [4.69, 9.17) is 5.11 Å². The maximum absolute atomic E-state index is 13.7. The molecule has 4 N–H and O–H groups in total. The highest BCUT2D eigenvalue weighted by Crippen LogP contribution is 2.37. The van der Waals surface area contributed by atoms with Crippen LogP contribution >= 0.6 is 11.8 Å². The van der Waals surface area contributed by atoms with Gasteiger partial charge in [0.25, 0.3) is 0 Å². The van der Waals surface area contributed by atoms with E-state index in [9.17, 15) is 29.0 Å². The zero-order chi connectivity index (χ0) is 22.8. The van der Waals surface area contributed by atoms with Crippen molar-refractivity contribution in [3.8, 4) is 0 Å². The molecular weight excluding hydrogens is 428 g/mol. The molecular formula is C22H31F2NO5S. The molecule has 0 heterocycles. The molecule has 6 nitrogen and oxygen atoms in total. The van der Waals surface area contributed by atoms with Crippen LogP contribution in [0.5, 0.6) is 0 Å². The average molecular weight is 460 g/mol. The number of aliphatic carboxylic acids is 1. The smallest absolute Gasteiger partial charge is 0.303 e. The lowest BCUT2D eigenvalue weighted by molar-refractivity contribution is -0.137. The molecule has 1 saturated carbocycles. The Labute approximate surface area is 185 Å². The number of benzene rings is 1. The maximum Gasteiger partial charge on any atom is 0.303 e. The molecule has 0 saturated heterocycles. The van der Waals surface area contributed by atoms with Crippen LogP contribution in [0.25, 0.3) is 0 Å². The Morgan fingerprint density at radius 2 is 1.94 bits per heavy atom. The Morgan fingerprint density at radius 3 is 2.61 bits per heavy atom. The topological polar surface area (TPSA) is 110 Å². The van der Waals surface area contributed by atoms with E-state index in [0.29, 0.717) is 31.4 Å². The first-order chi connectivity index (χ1) is 14.8. The Bertz CT molecular complexity index is 749. The van der Waals surface area contributed by atoms with Gasteiger partial charge in [0.05, 0.1) is 17.9 Å². The van der Waals surface area contributed by atoms with Crippen LogP contribution in [0.2, 0.25) is 0 Å². The Hall–Kier alpha value is -1.71. The highest BCUT2D eigenvalue weighted by molar-refractivity contribution is 7.99. The SMILES string of the molecule is O=C(O)CCCCCC[C@@H]1C(CC[C@@H](O)CSc2ccc(F)cc2F)/C(=N\O)C[C@@H]1O. The lowest BCUT2D eigenvalue weighted by atomic mass is 9.85. The Kier molecular flexibility index (Phi) is 10.7. The minimum atomic E-state index is -0.797. The second-order valence-electron chi connectivity index (χ2n) is 8.10. The average Bonchev–Trinajstić information content (AvgIpc) is 3.02. The van der Waals surface area contributed by atoms with Crippen molar-refractivity contribution in [2.24, 2.45) is 17.0 Å². The largest absolute Gasteiger partial charge is 0.481 e. The summed E-state index contributed by atoms with van der Waals surface area (Å²) in [6, 6.07) is 3.33. The zero-order valence-corrected chi connectivity index (χ0v) is 18.2. The van der Waals surface area contributed by atoms with Crippen LogP contribution in [0, 0.1) is 23.5 Å². The fraction of sp³-hybridized carbons (Fsp3) is 0.636. The highest BCUT2D eigenvalue weighted by Gasteiger charge is 2.39. The van der Waals surface area contributed by atoms with Gasteiger partial charge in [0.1, 0.15) is 11.6 Å². The molecule has 0 bridgehead atoms. The summed E-state index contributed by atoms with van der Waals surface area (Å²) in [5, 5.41) is 42.1. The third-order valence-corrected chi connectivity index (χ3v) is 6.99. The second-order valence-corrected chi connectivity index (χ2v) is 9.16. The summed E-state index contributed by atoms with van der Waals surface area (Å²) >= 11 is 1.12. The Balaban J connectivity index is 1.79. The van der Waals surface area contributed by atoms with Gasteiger partial charge in [-0.25, -0.2) is 8.78 Å². The molecule has 174 valence electrons. The molecule has 0 aliphatic heterocycles. The van der Waals surface area contributed by atoms with Gasteiger partial charge in [-0.1, -0.05) is 24.4 Å². The number of aliphatic hydroxyl groups is 2. The molecule has 1 aromatic rings. The molecule has 1 aliphatic carbocycles. The van der Waals surface area contributed by atoms with Crippen LogP contribution in [-0.2, 0) is 4.79 Å². The number of thioether (sulfide) groups is 1. The maximum atomic E-state index is 13.7. The molecule has 1 aromatic carbocycles. The van der Waals surface area contributed by atoms with Crippen LogP contribution in [0.4, 0.5) is 8.78 Å². The number of hydrogen-bond acceptors (Lipinski definition) is 6. The molecule has 4 atom stereocenters. The number of halogens is 2. The van der Waals surface area contributed by atoms with Gasteiger partial charge in [-0.3, -0.25) is 4.79 Å². The number of oxime groups is 1. The quantitative estimate of drug-likeness (QED) is 0.150. The molecule has 9 heteroatoms. The van der Waals surface area contributed by atoms with Crippen LogP contribution < -0.4 is 0 Å². The summed E-state index contributed by atoms with van der Waals surface area (Å²) in [6.45, 7) is 0. The van der Waals surface area contributed by atoms with E-state index in [2.05, 4.69) is 5.16 Å². The number of unbranched alkanes of at least 4 members (excludes halogenated alkanes) is 3. The van der Waals surface area contributed by atoms with Gasteiger partial charge in [0.2, 0.25) is 0 Å². The minimum Gasteiger partial charge on any atom is -0.481 e. The third kappa shape index (κ3) is 8.38. The van der Waals surface area contributed by atoms with Crippen LogP contribution in [0.1, 0.15) is 57.8 Å². The third-order valence-electron chi connectivity index (χ3n) is 5.80. The summed E-state index contributed by atoms with van der Waals surface area (Å²) in [5.74, 6) is -2.06. The Morgan fingerprint density at radius 1 is 1.19 bits per heavy atom. The van der Waals surface area contributed by atoms with Crippen LogP contribution in [0.15, 0.2) is 28.3 Å². The summed E-state index contributed by atoms with van der Waals surface area (Å²) in [7, 11) is 0. The van der Waals surface area contributed by atoms with Crippen molar-refractivity contribution in [3.05, 3.63) is 29.8 Å². The van der Waals surface area contributed by atoms with Crippen molar-refractivity contribution >= 4 is 23.4 Å². The standard InChI is InChI=1S/C22H31F2NO5S/c23-14-7-10-21(18(24)11-14)31-13-15(26)8-9-16-17(20(27)12-19(16)25-30)5-3-1-2-4-6-22(28)29/h7,10-11,15-17,20,26-27,30H,1-6,8-9,12-13H2,(H,28,29)/b25-19-/t15-,16?,17-,20+/m1/s1. The summed E-state index contributed by atoms with van der Waals surface area (Å²) in [5.41, 5.74) is 0.535. The van der Waals surface area contributed by atoms with Gasteiger partial charge in [0.15, 0.2) is 0 Å². The number of hydrogen-bond donors (Lipinski definition) is 4. The van der Waals surface area contributed by atoms with E-state index < -0.39 is 29.8 Å². The van der Waals surface area contributed by atoms with Crippen molar-refractivity contribution in [1.29, 1.82) is 0 Å². The number of aliphatic hydroxyl groups excluding tert-OH is 2. The molecule has 31 heavy (non-hydrogen) atoms. The molecule has 1 unspecified atom stereocenters. The van der Waals surface area contributed by atoms with E-state index in [1.165, 1.54) is 12.1 Å². The normalized spacial score (nSPS) is 23.4. The zero-order valence-electron chi connectivity index (χ0n) is 17.4. The van der Waals surface area contributed by atoms with E-state index >= 15 is 0 Å².